The van der Waals surface area contributed by atoms with Crippen molar-refractivity contribution in [2.24, 2.45) is 4.99 Å². The van der Waals surface area contributed by atoms with Gasteiger partial charge in [-0.05, 0) is 55.0 Å². The molecule has 0 atom stereocenters. The Balaban J connectivity index is 1.82. The SMILES string of the molecule is CCCCOc1ccc(C2=N/C(=C\c3cc(OC)ccc3OC)C(=O)O2)cc1. The lowest BCUT2D eigenvalue weighted by Crippen LogP contribution is -2.05. The van der Waals surface area contributed by atoms with E-state index in [1.54, 1.807) is 38.5 Å². The number of esters is 1. The van der Waals surface area contributed by atoms with Crippen LogP contribution in [0.5, 0.6) is 17.2 Å². The molecular weight excluding hydrogens is 358 g/mol. The molecule has 0 N–H and O–H groups in total. The van der Waals surface area contributed by atoms with Crippen LogP contribution in [-0.4, -0.2) is 32.7 Å². The molecule has 0 fully saturated rings. The first-order chi connectivity index (χ1) is 13.6. The van der Waals surface area contributed by atoms with Crippen molar-refractivity contribution in [1.82, 2.24) is 0 Å². The van der Waals surface area contributed by atoms with Crippen LogP contribution in [0.3, 0.4) is 0 Å². The molecule has 3 rings (SSSR count). The fourth-order valence-electron chi connectivity index (χ4n) is 2.66. The van der Waals surface area contributed by atoms with Crippen molar-refractivity contribution in [2.45, 2.75) is 19.8 Å². The number of hydrogen-bond donors (Lipinski definition) is 0. The summed E-state index contributed by atoms with van der Waals surface area (Å²) in [4.78, 5) is 16.6. The normalized spacial score (nSPS) is 14.6. The average Bonchev–Trinajstić information content (AvgIpc) is 3.09. The summed E-state index contributed by atoms with van der Waals surface area (Å²) >= 11 is 0. The predicted octanol–water partition coefficient (Wildman–Crippen LogP) is 4.23. The van der Waals surface area contributed by atoms with Gasteiger partial charge in [-0.2, -0.15) is 0 Å². The Morgan fingerprint density at radius 2 is 1.79 bits per heavy atom. The van der Waals surface area contributed by atoms with Crippen molar-refractivity contribution in [1.29, 1.82) is 0 Å². The quantitative estimate of drug-likeness (QED) is 0.389. The van der Waals surface area contributed by atoms with Gasteiger partial charge >= 0.3 is 5.97 Å². The van der Waals surface area contributed by atoms with Gasteiger partial charge in [0.15, 0.2) is 5.70 Å². The van der Waals surface area contributed by atoms with Gasteiger partial charge in [0.25, 0.3) is 0 Å². The summed E-state index contributed by atoms with van der Waals surface area (Å²) in [5.74, 6) is 1.79. The lowest BCUT2D eigenvalue weighted by Gasteiger charge is -2.07. The lowest BCUT2D eigenvalue weighted by molar-refractivity contribution is -0.129. The number of nitrogens with zero attached hydrogens (tertiary/aromatic N) is 1. The average molecular weight is 381 g/mol. The molecule has 6 heteroatoms. The molecule has 0 saturated carbocycles. The second-order valence-corrected chi connectivity index (χ2v) is 6.17. The Bertz CT molecular complexity index is 900. The number of carbonyl (C=O) groups is 1. The molecule has 1 heterocycles. The second kappa shape index (κ2) is 9.08. The molecular formula is C22H23NO5. The summed E-state index contributed by atoms with van der Waals surface area (Å²) in [6.45, 7) is 2.80. The van der Waals surface area contributed by atoms with Gasteiger partial charge in [0.1, 0.15) is 17.2 Å². The predicted molar refractivity (Wildman–Crippen MR) is 107 cm³/mol. The zero-order valence-corrected chi connectivity index (χ0v) is 16.2. The smallest absolute Gasteiger partial charge is 0.363 e. The van der Waals surface area contributed by atoms with E-state index in [4.69, 9.17) is 18.9 Å². The topological polar surface area (TPSA) is 66.3 Å². The molecule has 28 heavy (non-hydrogen) atoms. The van der Waals surface area contributed by atoms with E-state index in [1.807, 2.05) is 24.3 Å². The molecule has 0 aliphatic carbocycles. The van der Waals surface area contributed by atoms with E-state index in [9.17, 15) is 4.79 Å². The summed E-state index contributed by atoms with van der Waals surface area (Å²) < 4.78 is 21.6. The maximum absolute atomic E-state index is 12.3. The van der Waals surface area contributed by atoms with E-state index in [0.717, 1.165) is 18.6 Å². The zero-order valence-electron chi connectivity index (χ0n) is 16.2. The van der Waals surface area contributed by atoms with Crippen molar-refractivity contribution >= 4 is 17.9 Å². The van der Waals surface area contributed by atoms with Gasteiger partial charge in [-0.25, -0.2) is 9.79 Å². The number of rotatable bonds is 8. The van der Waals surface area contributed by atoms with Gasteiger partial charge < -0.3 is 18.9 Å². The van der Waals surface area contributed by atoms with E-state index < -0.39 is 5.97 Å². The number of hydrogen-bond acceptors (Lipinski definition) is 6. The molecule has 0 bridgehead atoms. The minimum Gasteiger partial charge on any atom is -0.497 e. The molecule has 0 radical (unpaired) electrons. The Morgan fingerprint density at radius 3 is 2.46 bits per heavy atom. The van der Waals surface area contributed by atoms with Crippen LogP contribution in [0, 0.1) is 0 Å². The van der Waals surface area contributed by atoms with Crippen LogP contribution in [0.1, 0.15) is 30.9 Å². The van der Waals surface area contributed by atoms with Gasteiger partial charge in [-0.1, -0.05) is 13.3 Å². The second-order valence-electron chi connectivity index (χ2n) is 6.17. The van der Waals surface area contributed by atoms with Crippen molar-refractivity contribution in [3.8, 4) is 17.2 Å². The maximum atomic E-state index is 12.3. The fourth-order valence-corrected chi connectivity index (χ4v) is 2.66. The standard InChI is InChI=1S/C22H23NO5/c1-4-5-12-27-17-8-6-15(7-9-17)21-23-19(22(24)28-21)14-16-13-18(25-2)10-11-20(16)26-3/h6-11,13-14H,4-5,12H2,1-3H3/b19-14-. The number of cyclic esters (lactones) is 1. The van der Waals surface area contributed by atoms with E-state index >= 15 is 0 Å². The fraction of sp³-hybridized carbons (Fsp3) is 0.273. The van der Waals surface area contributed by atoms with Crippen LogP contribution in [0.4, 0.5) is 0 Å². The molecule has 146 valence electrons. The number of carbonyl (C=O) groups excluding carboxylic acids is 1. The first kappa shape index (κ1) is 19.5. The summed E-state index contributed by atoms with van der Waals surface area (Å²) in [6, 6.07) is 12.7. The first-order valence-electron chi connectivity index (χ1n) is 9.12. The zero-order chi connectivity index (χ0) is 19.9. The molecule has 2 aromatic rings. The van der Waals surface area contributed by atoms with E-state index in [1.165, 1.54) is 0 Å². The van der Waals surface area contributed by atoms with Crippen LogP contribution >= 0.6 is 0 Å². The van der Waals surface area contributed by atoms with Crippen LogP contribution in [0.2, 0.25) is 0 Å². The third-order valence-corrected chi connectivity index (χ3v) is 4.22. The summed E-state index contributed by atoms with van der Waals surface area (Å²) in [5, 5.41) is 0. The Kier molecular flexibility index (Phi) is 6.32. The number of benzene rings is 2. The van der Waals surface area contributed by atoms with Crippen molar-refractivity contribution < 1.29 is 23.7 Å². The van der Waals surface area contributed by atoms with Crippen molar-refractivity contribution in [3.63, 3.8) is 0 Å². The molecule has 0 saturated heterocycles. The highest BCUT2D eigenvalue weighted by atomic mass is 16.6. The molecule has 0 unspecified atom stereocenters. The maximum Gasteiger partial charge on any atom is 0.363 e. The largest absolute Gasteiger partial charge is 0.497 e. The van der Waals surface area contributed by atoms with Gasteiger partial charge in [0.05, 0.1) is 20.8 Å². The van der Waals surface area contributed by atoms with Crippen LogP contribution in [0.25, 0.3) is 6.08 Å². The highest BCUT2D eigenvalue weighted by molar-refractivity contribution is 6.13. The molecule has 1 aliphatic rings. The van der Waals surface area contributed by atoms with Crippen LogP contribution < -0.4 is 14.2 Å². The Labute approximate surface area is 164 Å². The third-order valence-electron chi connectivity index (χ3n) is 4.22. The monoisotopic (exact) mass is 381 g/mol. The number of aliphatic imine (C=N–C) groups is 1. The Morgan fingerprint density at radius 1 is 1.04 bits per heavy atom. The number of ether oxygens (including phenoxy) is 4. The molecule has 2 aromatic carbocycles. The molecule has 0 spiro atoms. The number of methoxy groups -OCH3 is 2. The van der Waals surface area contributed by atoms with E-state index in [-0.39, 0.29) is 11.6 Å². The van der Waals surface area contributed by atoms with Gasteiger partial charge in [-0.3, -0.25) is 0 Å². The highest BCUT2D eigenvalue weighted by Crippen LogP contribution is 2.28. The minimum absolute atomic E-state index is 0.199. The van der Waals surface area contributed by atoms with E-state index in [0.29, 0.717) is 29.2 Å². The highest BCUT2D eigenvalue weighted by Gasteiger charge is 2.24. The van der Waals surface area contributed by atoms with Crippen LogP contribution in [0.15, 0.2) is 53.2 Å². The van der Waals surface area contributed by atoms with Crippen LogP contribution in [-0.2, 0) is 9.53 Å². The lowest BCUT2D eigenvalue weighted by atomic mass is 10.1. The van der Waals surface area contributed by atoms with Gasteiger partial charge in [0, 0.05) is 11.1 Å². The molecule has 6 nitrogen and oxygen atoms in total. The molecule has 0 amide bonds. The van der Waals surface area contributed by atoms with E-state index in [2.05, 4.69) is 11.9 Å². The molecule has 1 aliphatic heterocycles. The summed E-state index contributed by atoms with van der Waals surface area (Å²) in [7, 11) is 3.14. The Hall–Kier alpha value is -3.28. The summed E-state index contributed by atoms with van der Waals surface area (Å²) in [5.41, 5.74) is 1.58. The molecule has 0 aromatic heterocycles. The van der Waals surface area contributed by atoms with Gasteiger partial charge in [0.2, 0.25) is 5.90 Å². The van der Waals surface area contributed by atoms with Crippen molar-refractivity contribution in [2.75, 3.05) is 20.8 Å². The minimum atomic E-state index is -0.511. The van der Waals surface area contributed by atoms with Crippen molar-refractivity contribution in [3.05, 3.63) is 59.3 Å². The third kappa shape index (κ3) is 4.52. The van der Waals surface area contributed by atoms with Gasteiger partial charge in [-0.15, -0.1) is 0 Å². The number of unbranched alkanes of at least 4 members (excludes halogenated alkanes) is 1. The summed E-state index contributed by atoms with van der Waals surface area (Å²) in [6.07, 6.45) is 3.71. The first-order valence-corrected chi connectivity index (χ1v) is 9.12.